The average molecular weight is 452 g/mol. The minimum atomic E-state index is -0.0283. The quantitative estimate of drug-likeness (QED) is 0.373. The molecule has 2 heterocycles. The number of aryl methyl sites for hydroxylation is 1. The van der Waals surface area contributed by atoms with Crippen LogP contribution < -0.4 is 5.32 Å². The Bertz CT molecular complexity index is 1260. The van der Waals surface area contributed by atoms with Gasteiger partial charge in [-0.3, -0.25) is 4.79 Å². The maximum Gasteiger partial charge on any atom is 0.169 e. The molecule has 4 aromatic rings. The minimum Gasteiger partial charge on any atom is -0.469 e. The highest BCUT2D eigenvalue weighted by atomic mass is 35.5. The Labute approximate surface area is 189 Å². The van der Waals surface area contributed by atoms with E-state index in [1.54, 1.807) is 6.26 Å². The number of hydrogen-bond donors (Lipinski definition) is 1. The number of nitrogens with one attached hydrogen (secondary N) is 1. The molecule has 0 amide bonds. The van der Waals surface area contributed by atoms with Crippen molar-refractivity contribution in [2.24, 2.45) is 0 Å². The Morgan fingerprint density at radius 2 is 1.90 bits per heavy atom. The molecule has 2 aromatic heterocycles. The number of Topliss-reactive ketones (excluding diaryl/α,β-unsaturated/α-hetero) is 1. The van der Waals surface area contributed by atoms with E-state index in [0.29, 0.717) is 34.3 Å². The lowest BCUT2D eigenvalue weighted by Gasteiger charge is -2.21. The number of carbonyl (C=O) groups is 1. The summed E-state index contributed by atoms with van der Waals surface area (Å²) in [6.45, 7) is 1.95. The van der Waals surface area contributed by atoms with Gasteiger partial charge in [-0.05, 0) is 61.0 Å². The average Bonchev–Trinajstić information content (AvgIpc) is 3.40. The maximum absolute atomic E-state index is 13.2. The first-order valence-electron chi connectivity index (χ1n) is 9.97. The SMILES string of the molecule is Cc1ccc(Nc2nn(-c3ccc(Cl)cc3)c3c2C(=O)CC(c2ccco2)C3)cc1Cl. The third-order valence-electron chi connectivity index (χ3n) is 5.58. The zero-order valence-corrected chi connectivity index (χ0v) is 18.2. The molecule has 5 nitrogen and oxygen atoms in total. The summed E-state index contributed by atoms with van der Waals surface area (Å²) in [7, 11) is 0. The topological polar surface area (TPSA) is 60.1 Å². The highest BCUT2D eigenvalue weighted by Crippen LogP contribution is 2.38. The number of nitrogens with zero attached hydrogens (tertiary/aromatic N) is 2. The molecule has 0 saturated carbocycles. The second-order valence-corrected chi connectivity index (χ2v) is 8.53. The van der Waals surface area contributed by atoms with E-state index in [1.165, 1.54) is 0 Å². The second-order valence-electron chi connectivity index (χ2n) is 7.69. The van der Waals surface area contributed by atoms with Crippen molar-refractivity contribution < 1.29 is 9.21 Å². The molecule has 1 unspecified atom stereocenters. The van der Waals surface area contributed by atoms with Crippen LogP contribution in [0.2, 0.25) is 10.0 Å². The molecule has 5 rings (SSSR count). The van der Waals surface area contributed by atoms with Gasteiger partial charge in [-0.1, -0.05) is 29.3 Å². The van der Waals surface area contributed by atoms with Gasteiger partial charge in [0.25, 0.3) is 0 Å². The smallest absolute Gasteiger partial charge is 0.169 e. The molecule has 31 heavy (non-hydrogen) atoms. The first kappa shape index (κ1) is 19.9. The van der Waals surface area contributed by atoms with Crippen LogP contribution in [-0.4, -0.2) is 15.6 Å². The summed E-state index contributed by atoms with van der Waals surface area (Å²) in [5, 5.41) is 9.36. The van der Waals surface area contributed by atoms with Crippen molar-refractivity contribution in [1.29, 1.82) is 0 Å². The molecule has 7 heteroatoms. The lowest BCUT2D eigenvalue weighted by atomic mass is 9.85. The van der Waals surface area contributed by atoms with Crippen LogP contribution in [0.1, 0.15) is 39.7 Å². The van der Waals surface area contributed by atoms with E-state index in [-0.39, 0.29) is 11.7 Å². The van der Waals surface area contributed by atoms with Crippen molar-refractivity contribution in [3.8, 4) is 5.69 Å². The van der Waals surface area contributed by atoms with Crippen molar-refractivity contribution in [2.45, 2.75) is 25.7 Å². The summed E-state index contributed by atoms with van der Waals surface area (Å²) >= 11 is 12.4. The molecule has 0 radical (unpaired) electrons. The van der Waals surface area contributed by atoms with Gasteiger partial charge in [-0.25, -0.2) is 4.68 Å². The Balaban J connectivity index is 1.61. The standard InChI is InChI=1S/C24H19Cl2N3O2/c1-14-4-7-17(13-19(14)26)27-24-23-20(29(28-24)18-8-5-16(25)6-9-18)11-15(12-21(23)30)22-3-2-10-31-22/h2-10,13,15H,11-12H2,1H3,(H,27,28). The number of benzene rings is 2. The molecule has 156 valence electrons. The normalized spacial score (nSPS) is 15.7. The van der Waals surface area contributed by atoms with Crippen LogP contribution in [0.4, 0.5) is 11.5 Å². The third kappa shape index (κ3) is 3.75. The Kier molecular flexibility index (Phi) is 5.08. The summed E-state index contributed by atoms with van der Waals surface area (Å²) < 4.78 is 7.41. The van der Waals surface area contributed by atoms with Crippen LogP contribution in [0.3, 0.4) is 0 Å². The molecule has 1 aliphatic rings. The number of aromatic nitrogens is 2. The van der Waals surface area contributed by atoms with Gasteiger partial charge in [0.15, 0.2) is 11.6 Å². The van der Waals surface area contributed by atoms with Gasteiger partial charge in [0.2, 0.25) is 0 Å². The van der Waals surface area contributed by atoms with Gasteiger partial charge < -0.3 is 9.73 Å². The van der Waals surface area contributed by atoms with Crippen molar-refractivity contribution in [3.05, 3.63) is 93.5 Å². The van der Waals surface area contributed by atoms with Crippen molar-refractivity contribution in [2.75, 3.05) is 5.32 Å². The van der Waals surface area contributed by atoms with Gasteiger partial charge in [0.05, 0.1) is 23.2 Å². The Hall–Kier alpha value is -3.02. The monoisotopic (exact) mass is 451 g/mol. The highest BCUT2D eigenvalue weighted by Gasteiger charge is 2.34. The molecular weight excluding hydrogens is 433 g/mol. The largest absolute Gasteiger partial charge is 0.469 e. The summed E-state index contributed by atoms with van der Waals surface area (Å²) in [5.41, 5.74) is 4.05. The van der Waals surface area contributed by atoms with Gasteiger partial charge in [-0.15, -0.1) is 5.10 Å². The van der Waals surface area contributed by atoms with E-state index < -0.39 is 0 Å². The number of ketones is 1. The second kappa shape index (κ2) is 7.91. The van der Waals surface area contributed by atoms with Crippen LogP contribution >= 0.6 is 23.2 Å². The number of rotatable bonds is 4. The summed E-state index contributed by atoms with van der Waals surface area (Å²) in [6.07, 6.45) is 2.65. The highest BCUT2D eigenvalue weighted by molar-refractivity contribution is 6.31. The molecule has 0 fully saturated rings. The third-order valence-corrected chi connectivity index (χ3v) is 6.24. The van der Waals surface area contributed by atoms with Gasteiger partial charge in [-0.2, -0.15) is 0 Å². The van der Waals surface area contributed by atoms with Crippen LogP contribution in [0.15, 0.2) is 65.3 Å². The first-order valence-corrected chi connectivity index (χ1v) is 10.7. The molecular formula is C24H19Cl2N3O2. The van der Waals surface area contributed by atoms with E-state index in [4.69, 9.17) is 32.7 Å². The zero-order chi connectivity index (χ0) is 21.5. The lowest BCUT2D eigenvalue weighted by Crippen LogP contribution is -2.20. The Morgan fingerprint density at radius 3 is 2.61 bits per heavy atom. The van der Waals surface area contributed by atoms with Crippen LogP contribution in [-0.2, 0) is 6.42 Å². The van der Waals surface area contributed by atoms with E-state index >= 15 is 0 Å². The molecule has 1 atom stereocenters. The molecule has 1 N–H and O–H groups in total. The fraction of sp³-hybridized carbons (Fsp3) is 0.167. The minimum absolute atomic E-state index is 0.0283. The molecule has 2 aromatic carbocycles. The van der Waals surface area contributed by atoms with E-state index in [1.807, 2.05) is 66.2 Å². The number of fused-ring (bicyclic) bond motifs is 1. The fourth-order valence-electron chi connectivity index (χ4n) is 3.98. The number of furan rings is 1. The van der Waals surface area contributed by atoms with Crippen molar-refractivity contribution in [3.63, 3.8) is 0 Å². The summed E-state index contributed by atoms with van der Waals surface area (Å²) in [6, 6.07) is 16.9. The van der Waals surface area contributed by atoms with Gasteiger partial charge in [0, 0.05) is 34.5 Å². The molecule has 0 aliphatic heterocycles. The fourth-order valence-corrected chi connectivity index (χ4v) is 4.29. The predicted octanol–water partition coefficient (Wildman–Crippen LogP) is 6.74. The van der Waals surface area contributed by atoms with Crippen molar-refractivity contribution >= 4 is 40.5 Å². The maximum atomic E-state index is 13.2. The number of halogens is 2. The van der Waals surface area contributed by atoms with Gasteiger partial charge >= 0.3 is 0 Å². The van der Waals surface area contributed by atoms with Crippen molar-refractivity contribution in [1.82, 2.24) is 9.78 Å². The summed E-state index contributed by atoms with van der Waals surface area (Å²) in [5.74, 6) is 1.33. The number of anilines is 2. The number of carbonyl (C=O) groups excluding carboxylic acids is 1. The van der Waals surface area contributed by atoms with Crippen LogP contribution in [0, 0.1) is 6.92 Å². The van der Waals surface area contributed by atoms with Crippen LogP contribution in [0.5, 0.6) is 0 Å². The lowest BCUT2D eigenvalue weighted by molar-refractivity contribution is 0.0960. The van der Waals surface area contributed by atoms with Gasteiger partial charge in [0.1, 0.15) is 5.76 Å². The Morgan fingerprint density at radius 1 is 1.10 bits per heavy atom. The van der Waals surface area contributed by atoms with E-state index in [9.17, 15) is 4.79 Å². The first-order chi connectivity index (χ1) is 15.0. The molecule has 0 bridgehead atoms. The molecule has 0 spiro atoms. The molecule has 1 aliphatic carbocycles. The summed E-state index contributed by atoms with van der Waals surface area (Å²) in [4.78, 5) is 13.2. The number of hydrogen-bond acceptors (Lipinski definition) is 4. The van der Waals surface area contributed by atoms with E-state index in [0.717, 1.165) is 28.4 Å². The molecule has 0 saturated heterocycles. The zero-order valence-electron chi connectivity index (χ0n) is 16.7. The predicted molar refractivity (Wildman–Crippen MR) is 122 cm³/mol. The van der Waals surface area contributed by atoms with Crippen LogP contribution in [0.25, 0.3) is 5.69 Å². The van der Waals surface area contributed by atoms with E-state index in [2.05, 4.69) is 5.32 Å².